The molecule has 0 spiro atoms. The summed E-state index contributed by atoms with van der Waals surface area (Å²) < 4.78 is 0. The Hall–Kier alpha value is -0.1000. The van der Waals surface area contributed by atoms with E-state index in [0.717, 1.165) is 17.5 Å². The van der Waals surface area contributed by atoms with E-state index in [1.165, 1.54) is 0 Å². The predicted molar refractivity (Wildman–Crippen MR) is 69.4 cm³/mol. The van der Waals surface area contributed by atoms with Crippen LogP contribution in [0.1, 0.15) is 36.8 Å². The standard InChI is InChI=1S/C16H18O4.2Na/c17-14(18)7-10-16(11-8-15(19)20)9-3-5-12-4-1-2-6-13(12)16;;/h1-4,6,9H,5,7-8,10-11H2,(H,17,18)(H,19,20);;/q;2*+1/p-2. The molecule has 0 unspecified atom stereocenters. The van der Waals surface area contributed by atoms with Gasteiger partial charge in [0.15, 0.2) is 0 Å². The van der Waals surface area contributed by atoms with Crippen molar-refractivity contribution in [2.75, 3.05) is 0 Å². The number of carbonyl (C=O) groups is 2. The second-order valence-electron chi connectivity index (χ2n) is 5.16. The van der Waals surface area contributed by atoms with E-state index in [1.54, 1.807) is 0 Å². The van der Waals surface area contributed by atoms with E-state index in [0.29, 0.717) is 12.8 Å². The molecule has 0 bridgehead atoms. The van der Waals surface area contributed by atoms with Gasteiger partial charge in [-0.05, 0) is 43.2 Å². The number of allylic oxidation sites excluding steroid dienone is 2. The topological polar surface area (TPSA) is 80.3 Å². The molecule has 0 aliphatic heterocycles. The van der Waals surface area contributed by atoms with Gasteiger partial charge in [0.05, 0.1) is 0 Å². The van der Waals surface area contributed by atoms with Crippen LogP contribution in [0.15, 0.2) is 36.4 Å². The average molecular weight is 318 g/mol. The molecule has 0 atom stereocenters. The minimum atomic E-state index is -1.12. The van der Waals surface area contributed by atoms with Crippen molar-refractivity contribution in [1.29, 1.82) is 0 Å². The van der Waals surface area contributed by atoms with Gasteiger partial charge in [0.2, 0.25) is 0 Å². The number of aliphatic carboxylic acids is 2. The molecule has 4 nitrogen and oxygen atoms in total. The maximum absolute atomic E-state index is 10.8. The van der Waals surface area contributed by atoms with E-state index in [-0.39, 0.29) is 72.0 Å². The minimum absolute atomic E-state index is 0. The fourth-order valence-electron chi connectivity index (χ4n) is 2.90. The number of rotatable bonds is 6. The van der Waals surface area contributed by atoms with Crippen molar-refractivity contribution in [3.8, 4) is 0 Å². The van der Waals surface area contributed by atoms with Gasteiger partial charge in [-0.2, -0.15) is 0 Å². The quantitative estimate of drug-likeness (QED) is 0.386. The van der Waals surface area contributed by atoms with Crippen LogP contribution in [0.25, 0.3) is 0 Å². The van der Waals surface area contributed by atoms with Gasteiger partial charge in [0, 0.05) is 17.4 Å². The van der Waals surface area contributed by atoms with Crippen LogP contribution >= 0.6 is 0 Å². The number of fused-ring (bicyclic) bond motifs is 1. The van der Waals surface area contributed by atoms with Gasteiger partial charge in [-0.15, -0.1) is 0 Å². The zero-order valence-electron chi connectivity index (χ0n) is 13.1. The van der Waals surface area contributed by atoms with Gasteiger partial charge in [0.25, 0.3) is 0 Å². The molecule has 0 aromatic heterocycles. The fourth-order valence-corrected chi connectivity index (χ4v) is 2.90. The molecule has 1 aliphatic rings. The molecule has 2 rings (SSSR count). The van der Waals surface area contributed by atoms with Crippen LogP contribution in [0.5, 0.6) is 0 Å². The van der Waals surface area contributed by atoms with Crippen molar-refractivity contribution in [3.05, 3.63) is 47.5 Å². The maximum atomic E-state index is 10.8. The fraction of sp³-hybridized carbons (Fsp3) is 0.375. The summed E-state index contributed by atoms with van der Waals surface area (Å²) in [5.41, 5.74) is 1.59. The smallest absolute Gasteiger partial charge is 0.550 e. The maximum Gasteiger partial charge on any atom is 1.00 e. The third-order valence-electron chi connectivity index (χ3n) is 3.88. The van der Waals surface area contributed by atoms with E-state index in [4.69, 9.17) is 0 Å². The average Bonchev–Trinajstić information content (AvgIpc) is 2.43. The summed E-state index contributed by atoms with van der Waals surface area (Å²) in [7, 11) is 0. The third kappa shape index (κ3) is 5.52. The first-order chi connectivity index (χ1) is 9.53. The first-order valence-electron chi connectivity index (χ1n) is 6.69. The number of carboxylic acid groups (broad SMARTS) is 2. The summed E-state index contributed by atoms with van der Waals surface area (Å²) in [6.07, 6.45) is 5.21. The Morgan fingerprint density at radius 1 is 1.00 bits per heavy atom. The van der Waals surface area contributed by atoms with Gasteiger partial charge >= 0.3 is 59.1 Å². The monoisotopic (exact) mass is 318 g/mol. The molecule has 0 fully saturated rings. The van der Waals surface area contributed by atoms with Crippen LogP contribution in [-0.2, 0) is 21.4 Å². The molecule has 1 aromatic rings. The molecular weight excluding hydrogens is 302 g/mol. The first-order valence-corrected chi connectivity index (χ1v) is 6.69. The number of benzene rings is 1. The van der Waals surface area contributed by atoms with Crippen LogP contribution in [0.4, 0.5) is 0 Å². The zero-order valence-corrected chi connectivity index (χ0v) is 17.1. The zero-order chi connectivity index (χ0) is 14.6. The van der Waals surface area contributed by atoms with Crippen molar-refractivity contribution in [2.24, 2.45) is 0 Å². The normalized spacial score (nSPS) is 14.2. The molecule has 22 heavy (non-hydrogen) atoms. The molecule has 0 N–H and O–H groups in total. The summed E-state index contributed by atoms with van der Waals surface area (Å²) in [5.74, 6) is -2.23. The van der Waals surface area contributed by atoms with Crippen molar-refractivity contribution in [3.63, 3.8) is 0 Å². The third-order valence-corrected chi connectivity index (χ3v) is 3.88. The number of carboxylic acids is 2. The van der Waals surface area contributed by atoms with E-state index < -0.39 is 17.4 Å². The Balaban J connectivity index is 0.00000220. The predicted octanol–water partition coefficient (Wildman–Crippen LogP) is -5.90. The van der Waals surface area contributed by atoms with Crippen LogP contribution in [-0.4, -0.2) is 11.9 Å². The van der Waals surface area contributed by atoms with E-state index >= 15 is 0 Å². The Kier molecular flexibility index (Phi) is 9.86. The van der Waals surface area contributed by atoms with E-state index in [1.807, 2.05) is 36.4 Å². The Labute approximate surface area is 174 Å². The molecule has 0 radical (unpaired) electrons. The van der Waals surface area contributed by atoms with Gasteiger partial charge in [0.1, 0.15) is 0 Å². The minimum Gasteiger partial charge on any atom is -0.550 e. The van der Waals surface area contributed by atoms with Crippen LogP contribution in [0.2, 0.25) is 0 Å². The molecule has 0 saturated carbocycles. The second kappa shape index (κ2) is 9.91. The molecule has 106 valence electrons. The molecular formula is C16H16Na2O4. The van der Waals surface area contributed by atoms with E-state index in [9.17, 15) is 19.8 Å². The molecule has 1 aliphatic carbocycles. The van der Waals surface area contributed by atoms with Gasteiger partial charge in [-0.25, -0.2) is 0 Å². The SMILES string of the molecule is O=C([O-])CCC1(CCC(=O)[O-])C=CCc2ccccc21.[Na+].[Na+]. The summed E-state index contributed by atoms with van der Waals surface area (Å²) >= 11 is 0. The Morgan fingerprint density at radius 2 is 1.55 bits per heavy atom. The number of carbonyl (C=O) groups excluding carboxylic acids is 2. The van der Waals surface area contributed by atoms with Gasteiger partial charge in [-0.3, -0.25) is 0 Å². The van der Waals surface area contributed by atoms with Crippen LogP contribution < -0.4 is 69.3 Å². The molecule has 0 heterocycles. The summed E-state index contributed by atoms with van der Waals surface area (Å²) in [4.78, 5) is 21.5. The Morgan fingerprint density at radius 3 is 2.09 bits per heavy atom. The summed E-state index contributed by atoms with van der Waals surface area (Å²) in [6.45, 7) is 0. The first kappa shape index (κ1) is 21.9. The summed E-state index contributed by atoms with van der Waals surface area (Å²) in [5, 5.41) is 21.5. The number of hydrogen-bond acceptors (Lipinski definition) is 4. The van der Waals surface area contributed by atoms with Crippen molar-refractivity contribution < 1.29 is 78.9 Å². The summed E-state index contributed by atoms with van der Waals surface area (Å²) in [6, 6.07) is 7.76. The van der Waals surface area contributed by atoms with E-state index in [2.05, 4.69) is 0 Å². The van der Waals surface area contributed by atoms with Crippen molar-refractivity contribution >= 4 is 11.9 Å². The van der Waals surface area contributed by atoms with Crippen LogP contribution in [0, 0.1) is 0 Å². The van der Waals surface area contributed by atoms with Gasteiger partial charge < -0.3 is 19.8 Å². The number of hydrogen-bond donors (Lipinski definition) is 0. The second-order valence-corrected chi connectivity index (χ2v) is 5.16. The Bertz CT molecular complexity index is 537. The van der Waals surface area contributed by atoms with Crippen LogP contribution in [0.3, 0.4) is 0 Å². The van der Waals surface area contributed by atoms with Gasteiger partial charge in [-0.1, -0.05) is 36.4 Å². The molecule has 1 aromatic carbocycles. The van der Waals surface area contributed by atoms with Crippen molar-refractivity contribution in [2.45, 2.75) is 37.5 Å². The molecule has 0 amide bonds. The van der Waals surface area contributed by atoms with Crippen molar-refractivity contribution in [1.82, 2.24) is 0 Å². The molecule has 0 saturated heterocycles. The largest absolute Gasteiger partial charge is 1.00 e. The molecule has 6 heteroatoms.